The van der Waals surface area contributed by atoms with Gasteiger partial charge >= 0.3 is 0 Å². The second kappa shape index (κ2) is 24.0. The smallest absolute Gasteiger partial charge is 0.112 e. The summed E-state index contributed by atoms with van der Waals surface area (Å²) in [7, 11) is -1.65. The summed E-state index contributed by atoms with van der Waals surface area (Å²) in [5.41, 5.74) is 0. The summed E-state index contributed by atoms with van der Waals surface area (Å²) in [6, 6.07) is 34.1. The third-order valence-electron chi connectivity index (χ3n) is 8.94. The maximum Gasteiger partial charge on any atom is 0.112 e. The van der Waals surface area contributed by atoms with Crippen molar-refractivity contribution in [1.29, 1.82) is 0 Å². The van der Waals surface area contributed by atoms with Crippen molar-refractivity contribution in [2.24, 2.45) is 0 Å². The molecule has 0 amide bonds. The van der Waals surface area contributed by atoms with Crippen LogP contribution in [-0.4, -0.2) is 6.16 Å². The summed E-state index contributed by atoms with van der Waals surface area (Å²) in [6.45, 7) is 2.30. The van der Waals surface area contributed by atoms with Crippen molar-refractivity contribution >= 4 is 23.2 Å². The second-order valence-electron chi connectivity index (χ2n) is 12.3. The van der Waals surface area contributed by atoms with E-state index >= 15 is 0 Å². The van der Waals surface area contributed by atoms with Crippen molar-refractivity contribution in [3.8, 4) is 0 Å². The van der Waals surface area contributed by atoms with Gasteiger partial charge in [-0.3, -0.25) is 0 Å². The van der Waals surface area contributed by atoms with Crippen LogP contribution >= 0.6 is 7.26 Å². The van der Waals surface area contributed by atoms with Crippen molar-refractivity contribution in [2.75, 3.05) is 6.16 Å². The fourth-order valence-electron chi connectivity index (χ4n) is 6.49. The van der Waals surface area contributed by atoms with Crippen molar-refractivity contribution in [3.05, 3.63) is 91.0 Å². The molecule has 0 saturated carbocycles. The molecule has 0 spiro atoms. The SMILES string of the molecule is CCCCCCCCCCCCCCCCCCCCCC[P+](c1ccccc1)(c1ccccc1)c1ccccc1.[Br-]. The lowest BCUT2D eigenvalue weighted by atomic mass is 10.0. The highest BCUT2D eigenvalue weighted by Crippen LogP contribution is 2.56. The number of hydrogen-bond donors (Lipinski definition) is 0. The van der Waals surface area contributed by atoms with Gasteiger partial charge in [0.2, 0.25) is 0 Å². The van der Waals surface area contributed by atoms with Gasteiger partial charge in [-0.05, 0) is 49.2 Å². The summed E-state index contributed by atoms with van der Waals surface area (Å²) in [4.78, 5) is 0. The molecule has 3 aromatic carbocycles. The Balaban J connectivity index is 0.00000616. The van der Waals surface area contributed by atoms with Crippen molar-refractivity contribution < 1.29 is 17.0 Å². The standard InChI is InChI=1S/C40H60P.BrH/c1-2-3-4-5-6-7-8-9-10-11-12-13-14-15-16-17-18-19-20-30-37-41(38-31-24-21-25-32-38,39-33-26-22-27-34-39)40-35-28-23-29-36-40;/h21-29,31-36H,2-20,30,37H2,1H3;1H/q+1;/p-1. The van der Waals surface area contributed by atoms with Crippen LogP contribution in [0.25, 0.3) is 0 Å². The number of halogens is 1. The first-order valence-electron chi connectivity index (χ1n) is 17.4. The highest BCUT2D eigenvalue weighted by molar-refractivity contribution is 7.95. The largest absolute Gasteiger partial charge is 1.00 e. The van der Waals surface area contributed by atoms with Gasteiger partial charge in [-0.25, -0.2) is 0 Å². The Labute approximate surface area is 271 Å². The zero-order valence-corrected chi connectivity index (χ0v) is 29.3. The van der Waals surface area contributed by atoms with Gasteiger partial charge in [0.15, 0.2) is 0 Å². The van der Waals surface area contributed by atoms with Gasteiger partial charge in [-0.1, -0.05) is 177 Å². The van der Waals surface area contributed by atoms with Crippen LogP contribution in [0.15, 0.2) is 91.0 Å². The van der Waals surface area contributed by atoms with Gasteiger partial charge in [0.1, 0.15) is 23.2 Å². The van der Waals surface area contributed by atoms with E-state index in [4.69, 9.17) is 0 Å². The first-order chi connectivity index (χ1) is 20.4. The van der Waals surface area contributed by atoms with E-state index in [1.54, 1.807) is 0 Å². The van der Waals surface area contributed by atoms with E-state index in [0.717, 1.165) is 0 Å². The van der Waals surface area contributed by atoms with Crippen LogP contribution in [0.5, 0.6) is 0 Å². The van der Waals surface area contributed by atoms with Gasteiger partial charge in [0.05, 0.1) is 6.16 Å². The van der Waals surface area contributed by atoms with Gasteiger partial charge in [0.25, 0.3) is 0 Å². The minimum atomic E-state index is -1.65. The van der Waals surface area contributed by atoms with E-state index in [1.165, 1.54) is 150 Å². The van der Waals surface area contributed by atoms with E-state index in [9.17, 15) is 0 Å². The quantitative estimate of drug-likeness (QED) is 0.0671. The Hall–Kier alpha value is -1.43. The van der Waals surface area contributed by atoms with E-state index in [1.807, 2.05) is 0 Å². The lowest BCUT2D eigenvalue weighted by molar-refractivity contribution is -0.00000849. The molecule has 0 aliphatic carbocycles. The summed E-state index contributed by atoms with van der Waals surface area (Å²) in [5.74, 6) is 0. The average molecular weight is 652 g/mol. The number of hydrogen-bond acceptors (Lipinski definition) is 0. The minimum Gasteiger partial charge on any atom is -1.00 e. The molecular weight excluding hydrogens is 591 g/mol. The molecular formula is C40H60BrP. The number of rotatable bonds is 24. The molecule has 3 rings (SSSR count). The molecule has 0 aliphatic rings. The molecule has 0 bridgehead atoms. The lowest BCUT2D eigenvalue weighted by Gasteiger charge is -2.27. The molecule has 0 saturated heterocycles. The third-order valence-corrected chi connectivity index (χ3v) is 13.5. The Kier molecular flexibility index (Phi) is 21.0. The molecule has 0 unspecified atom stereocenters. The van der Waals surface area contributed by atoms with Crippen LogP contribution < -0.4 is 32.9 Å². The van der Waals surface area contributed by atoms with Gasteiger partial charge in [0, 0.05) is 0 Å². The minimum absolute atomic E-state index is 0. The van der Waals surface area contributed by atoms with Gasteiger partial charge in [-0.2, -0.15) is 0 Å². The molecule has 2 heteroatoms. The van der Waals surface area contributed by atoms with Crippen LogP contribution in [0, 0.1) is 0 Å². The van der Waals surface area contributed by atoms with Gasteiger partial charge < -0.3 is 17.0 Å². The molecule has 3 aromatic rings. The van der Waals surface area contributed by atoms with E-state index in [0.29, 0.717) is 0 Å². The van der Waals surface area contributed by atoms with Crippen LogP contribution in [0.2, 0.25) is 0 Å². The Morgan fingerprint density at radius 2 is 0.571 bits per heavy atom. The van der Waals surface area contributed by atoms with E-state index in [-0.39, 0.29) is 17.0 Å². The fraction of sp³-hybridized carbons (Fsp3) is 0.550. The van der Waals surface area contributed by atoms with Crippen molar-refractivity contribution in [3.63, 3.8) is 0 Å². The topological polar surface area (TPSA) is 0 Å². The summed E-state index contributed by atoms with van der Waals surface area (Å²) < 4.78 is 0. The molecule has 0 atom stereocenters. The lowest BCUT2D eigenvalue weighted by Crippen LogP contribution is -3.00. The van der Waals surface area contributed by atoms with Crippen LogP contribution in [0.3, 0.4) is 0 Å². The summed E-state index contributed by atoms with van der Waals surface area (Å²) in [5, 5.41) is 4.57. The molecule has 0 fully saturated rings. The second-order valence-corrected chi connectivity index (χ2v) is 15.9. The van der Waals surface area contributed by atoms with Gasteiger partial charge in [-0.15, -0.1) is 0 Å². The highest BCUT2D eigenvalue weighted by atomic mass is 79.9. The Bertz CT molecular complexity index is 891. The zero-order chi connectivity index (χ0) is 28.7. The Morgan fingerprint density at radius 1 is 0.333 bits per heavy atom. The predicted octanol–water partition coefficient (Wildman–Crippen LogP) is 8.81. The van der Waals surface area contributed by atoms with Crippen molar-refractivity contribution in [1.82, 2.24) is 0 Å². The van der Waals surface area contributed by atoms with Crippen LogP contribution in [0.1, 0.15) is 135 Å². The predicted molar refractivity (Wildman–Crippen MR) is 188 cm³/mol. The Morgan fingerprint density at radius 3 is 0.833 bits per heavy atom. The normalized spacial score (nSPS) is 11.4. The first kappa shape index (κ1) is 36.8. The molecule has 232 valence electrons. The van der Waals surface area contributed by atoms with E-state index < -0.39 is 7.26 Å². The average Bonchev–Trinajstić information content (AvgIpc) is 3.03. The molecule has 42 heavy (non-hydrogen) atoms. The van der Waals surface area contributed by atoms with Crippen LogP contribution in [0.4, 0.5) is 0 Å². The monoisotopic (exact) mass is 650 g/mol. The molecule has 0 N–H and O–H groups in total. The molecule has 0 aromatic heterocycles. The summed E-state index contributed by atoms with van der Waals surface area (Å²) >= 11 is 0. The number of unbranched alkanes of at least 4 members (excludes halogenated alkanes) is 19. The summed E-state index contributed by atoms with van der Waals surface area (Å²) in [6.07, 6.45) is 29.9. The van der Waals surface area contributed by atoms with Crippen LogP contribution in [-0.2, 0) is 0 Å². The van der Waals surface area contributed by atoms with E-state index in [2.05, 4.69) is 97.9 Å². The first-order valence-corrected chi connectivity index (χ1v) is 19.4. The third kappa shape index (κ3) is 13.5. The highest BCUT2D eigenvalue weighted by Gasteiger charge is 2.44. The van der Waals surface area contributed by atoms with Crippen molar-refractivity contribution in [2.45, 2.75) is 135 Å². The zero-order valence-electron chi connectivity index (χ0n) is 26.8. The molecule has 0 nitrogen and oxygen atoms in total. The number of benzene rings is 3. The molecule has 0 heterocycles. The maximum absolute atomic E-state index is 2.38. The molecule has 0 aliphatic heterocycles. The maximum atomic E-state index is 2.38. The fourth-order valence-corrected chi connectivity index (χ4v) is 10.9. The molecule has 0 radical (unpaired) electrons.